The lowest BCUT2D eigenvalue weighted by Gasteiger charge is -2.10. The van der Waals surface area contributed by atoms with E-state index in [9.17, 15) is 14.7 Å². The van der Waals surface area contributed by atoms with Crippen LogP contribution in [0.3, 0.4) is 0 Å². The van der Waals surface area contributed by atoms with Gasteiger partial charge in [0.15, 0.2) is 5.82 Å². The summed E-state index contributed by atoms with van der Waals surface area (Å²) in [5.41, 5.74) is 3.33. The Balaban J connectivity index is 1.88. The molecule has 0 fully saturated rings. The van der Waals surface area contributed by atoms with Crippen LogP contribution in [0.4, 0.5) is 5.82 Å². The molecule has 0 saturated heterocycles. The van der Waals surface area contributed by atoms with Crippen molar-refractivity contribution in [3.05, 3.63) is 71.4 Å². The zero-order valence-electron chi connectivity index (χ0n) is 15.2. The number of hydrogen-bond acceptors (Lipinski definition) is 3. The highest BCUT2D eigenvalue weighted by Gasteiger charge is 2.20. The summed E-state index contributed by atoms with van der Waals surface area (Å²) in [7, 11) is 0. The van der Waals surface area contributed by atoms with Crippen LogP contribution in [-0.4, -0.2) is 27.2 Å². The molecule has 0 aliphatic rings. The molecule has 6 nitrogen and oxygen atoms in total. The van der Waals surface area contributed by atoms with Crippen LogP contribution < -0.4 is 5.32 Å². The number of aromatic nitrogens is 2. The van der Waals surface area contributed by atoms with Crippen LogP contribution in [0.1, 0.15) is 41.4 Å². The van der Waals surface area contributed by atoms with Crippen molar-refractivity contribution in [2.24, 2.45) is 0 Å². The van der Waals surface area contributed by atoms with Gasteiger partial charge in [0, 0.05) is 11.3 Å². The van der Waals surface area contributed by atoms with E-state index < -0.39 is 5.97 Å². The number of aromatic amines is 1. The van der Waals surface area contributed by atoms with Gasteiger partial charge in [0.2, 0.25) is 5.91 Å². The minimum Gasteiger partial charge on any atom is -0.478 e. The van der Waals surface area contributed by atoms with Crippen molar-refractivity contribution in [1.29, 1.82) is 0 Å². The van der Waals surface area contributed by atoms with Crippen molar-refractivity contribution >= 4 is 17.7 Å². The van der Waals surface area contributed by atoms with Crippen molar-refractivity contribution in [1.82, 2.24) is 10.2 Å². The fourth-order valence-corrected chi connectivity index (χ4v) is 2.99. The van der Waals surface area contributed by atoms with Crippen LogP contribution in [0.15, 0.2) is 54.6 Å². The summed E-state index contributed by atoms with van der Waals surface area (Å²) in [6.07, 6.45) is -0.0411. The van der Waals surface area contributed by atoms with Crippen LogP contribution in [0.2, 0.25) is 0 Å². The molecule has 3 rings (SSSR count). The van der Waals surface area contributed by atoms with E-state index in [0.29, 0.717) is 11.4 Å². The first kappa shape index (κ1) is 18.4. The number of H-pyrrole nitrogens is 1. The number of nitrogens with zero attached hydrogens (tertiary/aromatic N) is 1. The monoisotopic (exact) mass is 363 g/mol. The van der Waals surface area contributed by atoms with Gasteiger partial charge in [-0.25, -0.2) is 4.79 Å². The molecule has 0 atom stereocenters. The Bertz CT molecular complexity index is 962. The molecule has 0 unspecified atom stereocenters. The molecule has 0 bridgehead atoms. The highest BCUT2D eigenvalue weighted by Crippen LogP contribution is 2.33. The predicted molar refractivity (Wildman–Crippen MR) is 104 cm³/mol. The summed E-state index contributed by atoms with van der Waals surface area (Å²) in [5, 5.41) is 19.4. The van der Waals surface area contributed by atoms with E-state index in [1.165, 1.54) is 6.07 Å². The second-order valence-electron chi connectivity index (χ2n) is 6.57. The standard InChI is InChI=1S/C21H21N3O3/c1-13(2)19-18(14-8-4-3-5-9-14)20(24-23-19)22-17(25)12-15-10-6-7-11-16(15)21(26)27/h3-11,13H,12H2,1-2H3,(H,26,27)(H2,22,23,24,25). The van der Waals surface area contributed by atoms with E-state index in [2.05, 4.69) is 29.4 Å². The number of rotatable bonds is 6. The second-order valence-corrected chi connectivity index (χ2v) is 6.57. The molecule has 1 amide bonds. The van der Waals surface area contributed by atoms with Gasteiger partial charge in [-0.05, 0) is 23.1 Å². The van der Waals surface area contributed by atoms with Gasteiger partial charge in [-0.1, -0.05) is 62.4 Å². The Morgan fingerprint density at radius 2 is 1.74 bits per heavy atom. The van der Waals surface area contributed by atoms with Crippen molar-refractivity contribution in [3.63, 3.8) is 0 Å². The number of hydrogen-bond donors (Lipinski definition) is 3. The number of anilines is 1. The quantitative estimate of drug-likeness (QED) is 0.615. The molecule has 6 heteroatoms. The zero-order valence-corrected chi connectivity index (χ0v) is 15.2. The van der Waals surface area contributed by atoms with E-state index in [-0.39, 0.29) is 23.8 Å². The highest BCUT2D eigenvalue weighted by molar-refractivity contribution is 5.98. The third kappa shape index (κ3) is 4.06. The summed E-state index contributed by atoms with van der Waals surface area (Å²) in [6.45, 7) is 4.10. The van der Waals surface area contributed by atoms with Gasteiger partial charge in [-0.2, -0.15) is 5.10 Å². The van der Waals surface area contributed by atoms with Gasteiger partial charge in [-0.3, -0.25) is 9.89 Å². The molecule has 0 radical (unpaired) electrons. The Labute approximate surface area is 157 Å². The SMILES string of the molecule is CC(C)c1[nH]nc(NC(=O)Cc2ccccc2C(=O)O)c1-c1ccccc1. The normalized spacial score (nSPS) is 10.8. The molecule has 3 N–H and O–H groups in total. The van der Waals surface area contributed by atoms with Gasteiger partial charge >= 0.3 is 5.97 Å². The van der Waals surface area contributed by atoms with Crippen LogP contribution in [0, 0.1) is 0 Å². The number of carboxylic acids is 1. The van der Waals surface area contributed by atoms with E-state index in [1.807, 2.05) is 30.3 Å². The van der Waals surface area contributed by atoms with Crippen LogP contribution >= 0.6 is 0 Å². The lowest BCUT2D eigenvalue weighted by molar-refractivity contribution is -0.115. The molecule has 27 heavy (non-hydrogen) atoms. The smallest absolute Gasteiger partial charge is 0.335 e. The van der Waals surface area contributed by atoms with Gasteiger partial charge < -0.3 is 10.4 Å². The van der Waals surface area contributed by atoms with Crippen molar-refractivity contribution < 1.29 is 14.7 Å². The Kier molecular flexibility index (Phi) is 5.35. The molecule has 0 saturated carbocycles. The maximum absolute atomic E-state index is 12.6. The average Bonchev–Trinajstić information content (AvgIpc) is 3.06. The van der Waals surface area contributed by atoms with Crippen molar-refractivity contribution in [2.45, 2.75) is 26.2 Å². The average molecular weight is 363 g/mol. The van der Waals surface area contributed by atoms with Gasteiger partial charge in [0.1, 0.15) is 0 Å². The number of carboxylic acid groups (broad SMARTS) is 1. The first-order valence-corrected chi connectivity index (χ1v) is 8.72. The third-order valence-electron chi connectivity index (χ3n) is 4.29. The summed E-state index contributed by atoms with van der Waals surface area (Å²) < 4.78 is 0. The molecular formula is C21H21N3O3. The highest BCUT2D eigenvalue weighted by atomic mass is 16.4. The lowest BCUT2D eigenvalue weighted by atomic mass is 9.99. The molecule has 0 aliphatic heterocycles. The molecule has 138 valence electrons. The van der Waals surface area contributed by atoms with Gasteiger partial charge in [0.05, 0.1) is 12.0 Å². The van der Waals surface area contributed by atoms with Crippen molar-refractivity contribution in [3.8, 4) is 11.1 Å². The number of benzene rings is 2. The summed E-state index contributed by atoms with van der Waals surface area (Å²) in [5.74, 6) is -0.721. The molecule has 2 aromatic carbocycles. The number of carbonyl (C=O) groups is 2. The Hall–Kier alpha value is -3.41. The van der Waals surface area contributed by atoms with Gasteiger partial charge in [0.25, 0.3) is 0 Å². The first-order valence-electron chi connectivity index (χ1n) is 8.72. The topological polar surface area (TPSA) is 95.1 Å². The second kappa shape index (κ2) is 7.86. The Morgan fingerprint density at radius 1 is 1.07 bits per heavy atom. The maximum Gasteiger partial charge on any atom is 0.335 e. The van der Waals surface area contributed by atoms with Crippen LogP contribution in [0.5, 0.6) is 0 Å². The molecular weight excluding hydrogens is 342 g/mol. The third-order valence-corrected chi connectivity index (χ3v) is 4.29. The molecule has 0 aliphatic carbocycles. The van der Waals surface area contributed by atoms with E-state index in [1.54, 1.807) is 18.2 Å². The molecule has 1 heterocycles. The summed E-state index contributed by atoms with van der Waals surface area (Å²) in [4.78, 5) is 23.9. The Morgan fingerprint density at radius 3 is 2.41 bits per heavy atom. The zero-order chi connectivity index (χ0) is 19.4. The van der Waals surface area contributed by atoms with Gasteiger partial charge in [-0.15, -0.1) is 0 Å². The fraction of sp³-hybridized carbons (Fsp3) is 0.190. The minimum atomic E-state index is -1.05. The minimum absolute atomic E-state index is 0.0411. The van der Waals surface area contributed by atoms with E-state index in [4.69, 9.17) is 0 Å². The molecule has 3 aromatic rings. The number of amides is 1. The number of aromatic carboxylic acids is 1. The molecule has 1 aromatic heterocycles. The number of carbonyl (C=O) groups excluding carboxylic acids is 1. The predicted octanol–water partition coefficient (Wildman–Crippen LogP) is 4.08. The summed E-state index contributed by atoms with van der Waals surface area (Å²) in [6, 6.07) is 16.2. The fourth-order valence-electron chi connectivity index (χ4n) is 2.99. The number of nitrogens with one attached hydrogen (secondary N) is 2. The first-order chi connectivity index (χ1) is 13.0. The van der Waals surface area contributed by atoms with Crippen molar-refractivity contribution in [2.75, 3.05) is 5.32 Å². The molecule has 0 spiro atoms. The van der Waals surface area contributed by atoms with E-state index in [0.717, 1.165) is 16.8 Å². The summed E-state index contributed by atoms with van der Waals surface area (Å²) >= 11 is 0. The van der Waals surface area contributed by atoms with E-state index >= 15 is 0 Å². The van der Waals surface area contributed by atoms with Crippen LogP contribution in [0.25, 0.3) is 11.1 Å². The van der Waals surface area contributed by atoms with Crippen LogP contribution in [-0.2, 0) is 11.2 Å². The maximum atomic E-state index is 12.6. The largest absolute Gasteiger partial charge is 0.478 e. The lowest BCUT2D eigenvalue weighted by Crippen LogP contribution is -2.17.